The molecule has 3 rings (SSSR count). The van der Waals surface area contributed by atoms with E-state index in [1.54, 1.807) is 6.20 Å². The first-order chi connectivity index (χ1) is 9.65. The molecule has 3 aromatic rings. The summed E-state index contributed by atoms with van der Waals surface area (Å²) >= 11 is 3.50. The van der Waals surface area contributed by atoms with Crippen molar-refractivity contribution in [2.45, 2.75) is 6.92 Å². The van der Waals surface area contributed by atoms with Crippen LogP contribution in [-0.4, -0.2) is 4.98 Å². The predicted molar refractivity (Wildman–Crippen MR) is 88.3 cm³/mol. The van der Waals surface area contributed by atoms with Crippen LogP contribution in [0.2, 0.25) is 0 Å². The molecule has 0 saturated heterocycles. The van der Waals surface area contributed by atoms with Crippen molar-refractivity contribution in [2.75, 3.05) is 11.1 Å². The van der Waals surface area contributed by atoms with Crippen molar-refractivity contribution in [3.05, 3.63) is 58.7 Å². The quantitative estimate of drug-likeness (QED) is 0.674. The molecular formula is C16H14BrN3. The Balaban J connectivity index is 2.11. The summed E-state index contributed by atoms with van der Waals surface area (Å²) in [5.41, 5.74) is 10.8. The summed E-state index contributed by atoms with van der Waals surface area (Å²) in [6, 6.07) is 13.9. The van der Waals surface area contributed by atoms with Crippen molar-refractivity contribution >= 4 is 43.9 Å². The molecule has 0 aliphatic carbocycles. The van der Waals surface area contributed by atoms with Crippen LogP contribution in [0.5, 0.6) is 0 Å². The van der Waals surface area contributed by atoms with Crippen molar-refractivity contribution in [1.82, 2.24) is 4.98 Å². The Morgan fingerprint density at radius 2 is 1.95 bits per heavy atom. The zero-order valence-electron chi connectivity index (χ0n) is 11.0. The number of halogens is 1. The normalized spacial score (nSPS) is 10.7. The summed E-state index contributed by atoms with van der Waals surface area (Å²) in [6.07, 6.45) is 1.78. The maximum atomic E-state index is 6.00. The highest BCUT2D eigenvalue weighted by Gasteiger charge is 2.07. The molecule has 0 bridgehead atoms. The zero-order valence-corrected chi connectivity index (χ0v) is 12.6. The number of rotatable bonds is 2. The third kappa shape index (κ3) is 2.34. The van der Waals surface area contributed by atoms with Crippen LogP contribution in [0.25, 0.3) is 10.9 Å². The molecule has 3 nitrogen and oxygen atoms in total. The van der Waals surface area contributed by atoms with Gasteiger partial charge < -0.3 is 11.1 Å². The SMILES string of the molecule is Cc1ccc(Br)cc1Nc1ccc(N)c2cccnc12. The Hall–Kier alpha value is -2.07. The molecule has 0 atom stereocenters. The highest BCUT2D eigenvalue weighted by atomic mass is 79.9. The number of nitrogen functional groups attached to an aromatic ring is 1. The van der Waals surface area contributed by atoms with Crippen LogP contribution in [0.1, 0.15) is 5.56 Å². The number of hydrogen-bond donors (Lipinski definition) is 2. The van der Waals surface area contributed by atoms with E-state index in [2.05, 4.69) is 45.3 Å². The molecule has 0 unspecified atom stereocenters. The van der Waals surface area contributed by atoms with E-state index in [0.717, 1.165) is 32.4 Å². The number of hydrogen-bond acceptors (Lipinski definition) is 3. The molecule has 2 aromatic carbocycles. The molecule has 0 aliphatic heterocycles. The third-order valence-corrected chi connectivity index (χ3v) is 3.77. The minimum Gasteiger partial charge on any atom is -0.398 e. The van der Waals surface area contributed by atoms with Gasteiger partial charge in [-0.05, 0) is 48.9 Å². The summed E-state index contributed by atoms with van der Waals surface area (Å²) in [4.78, 5) is 4.44. The lowest BCUT2D eigenvalue weighted by atomic mass is 10.1. The van der Waals surface area contributed by atoms with Crippen molar-refractivity contribution in [3.8, 4) is 0 Å². The minimum absolute atomic E-state index is 0.740. The Labute approximate surface area is 126 Å². The van der Waals surface area contributed by atoms with Gasteiger partial charge in [0.2, 0.25) is 0 Å². The monoisotopic (exact) mass is 327 g/mol. The Morgan fingerprint density at radius 1 is 1.10 bits per heavy atom. The summed E-state index contributed by atoms with van der Waals surface area (Å²) in [5, 5.41) is 4.40. The van der Waals surface area contributed by atoms with E-state index in [9.17, 15) is 0 Å². The standard InChI is InChI=1S/C16H14BrN3/c1-10-4-5-11(17)9-15(10)20-14-7-6-13(18)12-3-2-8-19-16(12)14/h2-9,20H,18H2,1H3. The highest BCUT2D eigenvalue weighted by Crippen LogP contribution is 2.30. The fourth-order valence-corrected chi connectivity index (χ4v) is 2.53. The Morgan fingerprint density at radius 3 is 2.80 bits per heavy atom. The number of pyridine rings is 1. The molecule has 0 spiro atoms. The fourth-order valence-electron chi connectivity index (χ4n) is 2.17. The maximum absolute atomic E-state index is 6.00. The topological polar surface area (TPSA) is 50.9 Å². The van der Waals surface area contributed by atoms with Crippen molar-refractivity contribution in [1.29, 1.82) is 0 Å². The van der Waals surface area contributed by atoms with E-state index in [4.69, 9.17) is 5.73 Å². The van der Waals surface area contributed by atoms with Gasteiger partial charge in [0.15, 0.2) is 0 Å². The maximum Gasteiger partial charge on any atom is 0.0957 e. The van der Waals surface area contributed by atoms with Gasteiger partial charge in [-0.1, -0.05) is 22.0 Å². The van der Waals surface area contributed by atoms with Crippen LogP contribution in [-0.2, 0) is 0 Å². The number of nitrogens with zero attached hydrogens (tertiary/aromatic N) is 1. The molecule has 0 radical (unpaired) electrons. The van der Waals surface area contributed by atoms with E-state index < -0.39 is 0 Å². The van der Waals surface area contributed by atoms with Crippen LogP contribution in [0.3, 0.4) is 0 Å². The van der Waals surface area contributed by atoms with Gasteiger partial charge in [-0.15, -0.1) is 0 Å². The number of nitrogens with one attached hydrogen (secondary N) is 1. The first-order valence-corrected chi connectivity index (χ1v) is 7.11. The highest BCUT2D eigenvalue weighted by molar-refractivity contribution is 9.10. The molecule has 4 heteroatoms. The van der Waals surface area contributed by atoms with Crippen molar-refractivity contribution < 1.29 is 0 Å². The van der Waals surface area contributed by atoms with Gasteiger partial charge in [-0.2, -0.15) is 0 Å². The van der Waals surface area contributed by atoms with E-state index in [1.807, 2.05) is 30.3 Å². The summed E-state index contributed by atoms with van der Waals surface area (Å²) in [5.74, 6) is 0. The lowest BCUT2D eigenvalue weighted by Crippen LogP contribution is -1.97. The first kappa shape index (κ1) is 12.9. The summed E-state index contributed by atoms with van der Waals surface area (Å²) < 4.78 is 1.04. The van der Waals surface area contributed by atoms with E-state index >= 15 is 0 Å². The van der Waals surface area contributed by atoms with Gasteiger partial charge >= 0.3 is 0 Å². The Kier molecular flexibility index (Phi) is 3.32. The summed E-state index contributed by atoms with van der Waals surface area (Å²) in [6.45, 7) is 2.07. The minimum atomic E-state index is 0.740. The molecule has 0 fully saturated rings. The number of fused-ring (bicyclic) bond motifs is 1. The molecular weight excluding hydrogens is 314 g/mol. The lowest BCUT2D eigenvalue weighted by Gasteiger charge is -2.13. The molecule has 1 heterocycles. The first-order valence-electron chi connectivity index (χ1n) is 6.31. The van der Waals surface area contributed by atoms with Gasteiger partial charge in [0.25, 0.3) is 0 Å². The van der Waals surface area contributed by atoms with Crippen molar-refractivity contribution in [3.63, 3.8) is 0 Å². The Bertz CT molecular complexity index is 784. The van der Waals surface area contributed by atoms with Crippen LogP contribution < -0.4 is 11.1 Å². The molecule has 100 valence electrons. The largest absolute Gasteiger partial charge is 0.398 e. The van der Waals surface area contributed by atoms with E-state index in [-0.39, 0.29) is 0 Å². The number of benzene rings is 2. The van der Waals surface area contributed by atoms with Crippen LogP contribution in [0, 0.1) is 6.92 Å². The van der Waals surface area contributed by atoms with Crippen LogP contribution in [0.15, 0.2) is 53.1 Å². The molecule has 0 saturated carbocycles. The van der Waals surface area contributed by atoms with Crippen molar-refractivity contribution in [2.24, 2.45) is 0 Å². The van der Waals surface area contributed by atoms with Gasteiger partial charge in [-0.25, -0.2) is 0 Å². The third-order valence-electron chi connectivity index (χ3n) is 3.27. The van der Waals surface area contributed by atoms with E-state index in [0.29, 0.717) is 0 Å². The second-order valence-electron chi connectivity index (χ2n) is 4.69. The predicted octanol–water partition coefficient (Wildman–Crippen LogP) is 4.63. The van der Waals surface area contributed by atoms with Crippen LogP contribution >= 0.6 is 15.9 Å². The second kappa shape index (κ2) is 5.13. The van der Waals surface area contributed by atoms with Gasteiger partial charge in [-0.3, -0.25) is 4.98 Å². The fraction of sp³-hybridized carbons (Fsp3) is 0.0625. The molecule has 0 aliphatic rings. The van der Waals surface area contributed by atoms with Gasteiger partial charge in [0.1, 0.15) is 0 Å². The lowest BCUT2D eigenvalue weighted by molar-refractivity contribution is 1.39. The number of anilines is 3. The second-order valence-corrected chi connectivity index (χ2v) is 5.60. The summed E-state index contributed by atoms with van der Waals surface area (Å²) in [7, 11) is 0. The molecule has 0 amide bonds. The number of aromatic nitrogens is 1. The molecule has 20 heavy (non-hydrogen) atoms. The van der Waals surface area contributed by atoms with E-state index in [1.165, 1.54) is 5.56 Å². The smallest absolute Gasteiger partial charge is 0.0957 e. The average Bonchev–Trinajstić information content (AvgIpc) is 2.46. The molecule has 1 aromatic heterocycles. The number of nitrogens with two attached hydrogens (primary N) is 1. The number of aryl methyl sites for hydroxylation is 1. The van der Waals surface area contributed by atoms with Crippen LogP contribution in [0.4, 0.5) is 17.1 Å². The molecule has 3 N–H and O–H groups in total. The van der Waals surface area contributed by atoms with Gasteiger partial charge in [0, 0.05) is 27.4 Å². The average molecular weight is 328 g/mol. The zero-order chi connectivity index (χ0) is 14.1. The van der Waals surface area contributed by atoms with Gasteiger partial charge in [0.05, 0.1) is 11.2 Å².